The van der Waals surface area contributed by atoms with Gasteiger partial charge < -0.3 is 14.8 Å². The maximum Gasteiger partial charge on any atom is 0.135 e. The van der Waals surface area contributed by atoms with Gasteiger partial charge in [-0.25, -0.2) is 0 Å². The maximum absolute atomic E-state index is 5.95. The first-order chi connectivity index (χ1) is 9.54. The predicted octanol–water partition coefficient (Wildman–Crippen LogP) is 4.07. The van der Waals surface area contributed by atoms with Gasteiger partial charge in [0.2, 0.25) is 0 Å². The van der Waals surface area contributed by atoms with E-state index in [4.69, 9.17) is 9.47 Å². The lowest BCUT2D eigenvalue weighted by Gasteiger charge is -2.60. The van der Waals surface area contributed by atoms with Crippen molar-refractivity contribution in [3.8, 4) is 5.75 Å². The van der Waals surface area contributed by atoms with Gasteiger partial charge in [-0.1, -0.05) is 13.8 Å². The summed E-state index contributed by atoms with van der Waals surface area (Å²) in [6.45, 7) is 5.52. The largest absolute Gasteiger partial charge is 0.495 e. The molecule has 1 aliphatic carbocycles. The second-order valence-corrected chi connectivity index (χ2v) is 7.24. The van der Waals surface area contributed by atoms with Crippen LogP contribution in [0.4, 0.5) is 5.69 Å². The van der Waals surface area contributed by atoms with E-state index in [2.05, 4.69) is 47.2 Å². The van der Waals surface area contributed by atoms with Crippen molar-refractivity contribution >= 4 is 21.6 Å². The lowest BCUT2D eigenvalue weighted by Crippen LogP contribution is -2.67. The van der Waals surface area contributed by atoms with Gasteiger partial charge in [0.1, 0.15) is 5.75 Å². The molecule has 1 aromatic rings. The molecule has 0 radical (unpaired) electrons. The summed E-state index contributed by atoms with van der Waals surface area (Å²) in [5.41, 5.74) is 1.30. The zero-order valence-electron chi connectivity index (χ0n) is 12.3. The molecule has 4 heteroatoms. The Morgan fingerprint density at radius 3 is 2.95 bits per heavy atom. The molecule has 1 aliphatic heterocycles. The number of rotatable bonds is 3. The van der Waals surface area contributed by atoms with Crippen LogP contribution in [0.25, 0.3) is 0 Å². The molecule has 1 aromatic carbocycles. The van der Waals surface area contributed by atoms with Crippen molar-refractivity contribution in [2.75, 3.05) is 19.0 Å². The molecule has 3 rings (SSSR count). The van der Waals surface area contributed by atoms with Crippen LogP contribution in [0.1, 0.15) is 26.7 Å². The fourth-order valence-electron chi connectivity index (χ4n) is 3.74. The number of halogens is 1. The highest BCUT2D eigenvalue weighted by Gasteiger charge is 2.57. The summed E-state index contributed by atoms with van der Waals surface area (Å²) in [5.74, 6) is 1.50. The van der Waals surface area contributed by atoms with Crippen LogP contribution >= 0.6 is 15.9 Å². The highest BCUT2D eigenvalue weighted by atomic mass is 79.9. The average molecular weight is 340 g/mol. The van der Waals surface area contributed by atoms with Crippen LogP contribution in [0.2, 0.25) is 0 Å². The molecule has 1 saturated carbocycles. The minimum atomic E-state index is 0.186. The van der Waals surface area contributed by atoms with E-state index in [1.165, 1.54) is 12.8 Å². The highest BCUT2D eigenvalue weighted by Crippen LogP contribution is 2.52. The lowest BCUT2D eigenvalue weighted by atomic mass is 9.55. The second-order valence-electron chi connectivity index (χ2n) is 6.39. The number of hydrogen-bond donors (Lipinski definition) is 1. The fourth-order valence-corrected chi connectivity index (χ4v) is 4.15. The van der Waals surface area contributed by atoms with Crippen LogP contribution < -0.4 is 10.1 Å². The first-order valence-electron chi connectivity index (χ1n) is 7.25. The number of fused-ring (bicyclic) bond motifs is 1. The van der Waals surface area contributed by atoms with E-state index in [0.29, 0.717) is 18.1 Å². The molecule has 110 valence electrons. The van der Waals surface area contributed by atoms with Gasteiger partial charge in [0.05, 0.1) is 17.7 Å². The second kappa shape index (κ2) is 5.23. The summed E-state index contributed by atoms with van der Waals surface area (Å²) in [6, 6.07) is 6.65. The standard InChI is InChI=1S/C16H22BrNO2/c1-16(2)14(11-5-4-8-20-15(11)16)18-10-6-7-12(17)13(9-10)19-3/h6-7,9,11,14-15,18H,4-5,8H2,1-3H3. The van der Waals surface area contributed by atoms with Crippen LogP contribution in [-0.4, -0.2) is 25.9 Å². The van der Waals surface area contributed by atoms with Crippen LogP contribution in [-0.2, 0) is 4.74 Å². The summed E-state index contributed by atoms with van der Waals surface area (Å²) in [6.07, 6.45) is 2.85. The summed E-state index contributed by atoms with van der Waals surface area (Å²) in [4.78, 5) is 0. The minimum absolute atomic E-state index is 0.186. The molecule has 20 heavy (non-hydrogen) atoms. The van der Waals surface area contributed by atoms with Gasteiger partial charge in [0.15, 0.2) is 0 Å². The monoisotopic (exact) mass is 339 g/mol. The van der Waals surface area contributed by atoms with Crippen molar-refractivity contribution in [2.24, 2.45) is 11.3 Å². The van der Waals surface area contributed by atoms with Crippen molar-refractivity contribution in [3.05, 3.63) is 22.7 Å². The van der Waals surface area contributed by atoms with Gasteiger partial charge in [-0.05, 0) is 40.9 Å². The van der Waals surface area contributed by atoms with Gasteiger partial charge in [-0.15, -0.1) is 0 Å². The molecule has 2 aliphatic rings. The van der Waals surface area contributed by atoms with E-state index in [9.17, 15) is 0 Å². The average Bonchev–Trinajstić information content (AvgIpc) is 2.46. The van der Waals surface area contributed by atoms with Crippen LogP contribution in [0.3, 0.4) is 0 Å². The Bertz CT molecular complexity index is 503. The zero-order chi connectivity index (χ0) is 14.3. The van der Waals surface area contributed by atoms with Crippen LogP contribution in [0, 0.1) is 11.3 Å². The van der Waals surface area contributed by atoms with Gasteiger partial charge in [-0.3, -0.25) is 0 Å². The van der Waals surface area contributed by atoms with Gasteiger partial charge in [0.25, 0.3) is 0 Å². The highest BCUT2D eigenvalue weighted by molar-refractivity contribution is 9.10. The molecule has 0 amide bonds. The first-order valence-corrected chi connectivity index (χ1v) is 8.05. The Kier molecular flexibility index (Phi) is 3.71. The third-order valence-electron chi connectivity index (χ3n) is 4.80. The Labute approximate surface area is 129 Å². The quantitative estimate of drug-likeness (QED) is 0.900. The van der Waals surface area contributed by atoms with Crippen molar-refractivity contribution in [1.82, 2.24) is 0 Å². The van der Waals surface area contributed by atoms with E-state index in [1.807, 2.05) is 6.07 Å². The molecule has 1 N–H and O–H groups in total. The third-order valence-corrected chi connectivity index (χ3v) is 5.46. The number of nitrogens with one attached hydrogen (secondary N) is 1. The van der Waals surface area contributed by atoms with Crippen molar-refractivity contribution in [3.63, 3.8) is 0 Å². The van der Waals surface area contributed by atoms with E-state index in [-0.39, 0.29) is 5.41 Å². The number of hydrogen-bond acceptors (Lipinski definition) is 3. The summed E-state index contributed by atoms with van der Waals surface area (Å²) in [5, 5.41) is 3.69. The number of benzene rings is 1. The molecule has 3 nitrogen and oxygen atoms in total. The Morgan fingerprint density at radius 1 is 1.40 bits per heavy atom. The normalized spacial score (nSPS) is 31.1. The number of anilines is 1. The molecule has 3 unspecified atom stereocenters. The van der Waals surface area contributed by atoms with Gasteiger partial charge in [-0.2, -0.15) is 0 Å². The molecular formula is C16H22BrNO2. The smallest absolute Gasteiger partial charge is 0.135 e. The zero-order valence-corrected chi connectivity index (χ0v) is 13.9. The SMILES string of the molecule is COc1cc(NC2C3CCCOC3C2(C)C)ccc1Br. The Hall–Kier alpha value is -0.740. The summed E-state index contributed by atoms with van der Waals surface area (Å²) < 4.78 is 12.3. The van der Waals surface area contributed by atoms with Crippen molar-refractivity contribution in [1.29, 1.82) is 0 Å². The van der Waals surface area contributed by atoms with Crippen molar-refractivity contribution in [2.45, 2.75) is 38.8 Å². The lowest BCUT2D eigenvalue weighted by molar-refractivity contribution is -0.177. The third kappa shape index (κ3) is 2.23. The minimum Gasteiger partial charge on any atom is -0.495 e. The molecule has 1 heterocycles. The topological polar surface area (TPSA) is 30.5 Å². The van der Waals surface area contributed by atoms with Crippen LogP contribution in [0.5, 0.6) is 5.75 Å². The van der Waals surface area contributed by atoms with E-state index >= 15 is 0 Å². The van der Waals surface area contributed by atoms with Gasteiger partial charge >= 0.3 is 0 Å². The fraction of sp³-hybridized carbons (Fsp3) is 0.625. The number of ether oxygens (including phenoxy) is 2. The summed E-state index contributed by atoms with van der Waals surface area (Å²) in [7, 11) is 1.70. The van der Waals surface area contributed by atoms with E-state index < -0.39 is 0 Å². The van der Waals surface area contributed by atoms with Gasteiger partial charge in [0, 0.05) is 35.7 Å². The molecule has 0 bridgehead atoms. The first kappa shape index (κ1) is 14.2. The molecule has 1 saturated heterocycles. The Balaban J connectivity index is 1.77. The maximum atomic E-state index is 5.95. The Morgan fingerprint density at radius 2 is 2.20 bits per heavy atom. The molecule has 0 aromatic heterocycles. The van der Waals surface area contributed by atoms with E-state index in [0.717, 1.165) is 22.5 Å². The molecular weight excluding hydrogens is 318 g/mol. The molecule has 3 atom stereocenters. The summed E-state index contributed by atoms with van der Waals surface area (Å²) >= 11 is 3.49. The van der Waals surface area contributed by atoms with Crippen molar-refractivity contribution < 1.29 is 9.47 Å². The predicted molar refractivity (Wildman–Crippen MR) is 84.3 cm³/mol. The molecule has 2 fully saturated rings. The van der Waals surface area contributed by atoms with Crippen LogP contribution in [0.15, 0.2) is 22.7 Å². The molecule has 0 spiro atoms. The number of methoxy groups -OCH3 is 1. The van der Waals surface area contributed by atoms with E-state index in [1.54, 1.807) is 7.11 Å².